The monoisotopic (exact) mass is 438 g/mol. The van der Waals surface area contributed by atoms with Gasteiger partial charge in [0.1, 0.15) is 0 Å². The zero-order valence-corrected chi connectivity index (χ0v) is 18.6. The maximum atomic E-state index is 13.3. The van der Waals surface area contributed by atoms with Crippen molar-refractivity contribution < 1.29 is 4.79 Å². The fraction of sp³-hybridized carbons (Fsp3) is 0.261. The van der Waals surface area contributed by atoms with Crippen molar-refractivity contribution in [2.24, 2.45) is 0 Å². The van der Waals surface area contributed by atoms with Gasteiger partial charge in [-0.3, -0.25) is 9.69 Å². The van der Waals surface area contributed by atoms with Crippen LogP contribution in [-0.2, 0) is 17.8 Å². The summed E-state index contributed by atoms with van der Waals surface area (Å²) in [5.74, 6) is 0.0535. The first kappa shape index (κ1) is 20.6. The van der Waals surface area contributed by atoms with Crippen LogP contribution in [0.4, 0.5) is 5.13 Å². The van der Waals surface area contributed by atoms with Crippen LogP contribution in [-0.4, -0.2) is 27.0 Å². The van der Waals surface area contributed by atoms with Crippen LogP contribution in [0.3, 0.4) is 0 Å². The summed E-state index contributed by atoms with van der Waals surface area (Å²) in [4.78, 5) is 23.9. The number of hydrogen-bond acceptors (Lipinski definition) is 4. The summed E-state index contributed by atoms with van der Waals surface area (Å²) in [6, 6.07) is 11.8. The number of aryl methyl sites for hydroxylation is 3. The smallest absolute Gasteiger partial charge is 0.233 e. The molecule has 0 bridgehead atoms. The lowest BCUT2D eigenvalue weighted by molar-refractivity contribution is -0.118. The largest absolute Gasteiger partial charge is 0.337 e. The van der Waals surface area contributed by atoms with Crippen molar-refractivity contribution in [2.45, 2.75) is 33.2 Å². The molecule has 4 rings (SSSR count). The van der Waals surface area contributed by atoms with E-state index in [1.807, 2.05) is 39.9 Å². The fourth-order valence-corrected chi connectivity index (χ4v) is 4.75. The molecule has 0 radical (unpaired) electrons. The van der Waals surface area contributed by atoms with Gasteiger partial charge < -0.3 is 4.57 Å². The molecule has 4 aromatic rings. The van der Waals surface area contributed by atoms with Gasteiger partial charge in [0.2, 0.25) is 5.91 Å². The molecule has 5 nitrogen and oxygen atoms in total. The second kappa shape index (κ2) is 8.98. The molecule has 1 amide bonds. The van der Waals surface area contributed by atoms with E-state index in [4.69, 9.17) is 16.6 Å². The van der Waals surface area contributed by atoms with Gasteiger partial charge in [0.15, 0.2) is 5.13 Å². The van der Waals surface area contributed by atoms with Crippen LogP contribution < -0.4 is 4.90 Å². The van der Waals surface area contributed by atoms with E-state index in [-0.39, 0.29) is 5.91 Å². The highest BCUT2D eigenvalue weighted by molar-refractivity contribution is 7.22. The van der Waals surface area contributed by atoms with Crippen LogP contribution in [0.25, 0.3) is 10.2 Å². The fourth-order valence-electron chi connectivity index (χ4n) is 3.46. The number of thiazole rings is 1. The van der Waals surface area contributed by atoms with E-state index < -0.39 is 0 Å². The average Bonchev–Trinajstić information content (AvgIpc) is 3.36. The number of carbonyl (C=O) groups is 1. The molecule has 30 heavy (non-hydrogen) atoms. The number of anilines is 1. The number of benzene rings is 2. The summed E-state index contributed by atoms with van der Waals surface area (Å²) >= 11 is 7.64. The van der Waals surface area contributed by atoms with Crippen molar-refractivity contribution >= 4 is 44.2 Å². The SMILES string of the molecule is Cc1ccc(CC(=O)N(CCCn2ccnc2)c2nc3ccc(Cl)cc3s2)c(C)c1. The molecule has 2 aromatic carbocycles. The molecule has 154 valence electrons. The van der Waals surface area contributed by atoms with E-state index in [1.165, 1.54) is 16.9 Å². The molecular formula is C23H23ClN4OS. The van der Waals surface area contributed by atoms with Crippen molar-refractivity contribution in [1.29, 1.82) is 0 Å². The van der Waals surface area contributed by atoms with Gasteiger partial charge in [0.25, 0.3) is 0 Å². The predicted molar refractivity (Wildman–Crippen MR) is 123 cm³/mol. The van der Waals surface area contributed by atoms with E-state index in [0.29, 0.717) is 23.1 Å². The maximum absolute atomic E-state index is 13.3. The van der Waals surface area contributed by atoms with Gasteiger partial charge in [-0.1, -0.05) is 46.7 Å². The normalized spacial score (nSPS) is 11.2. The highest BCUT2D eigenvalue weighted by atomic mass is 35.5. The lowest BCUT2D eigenvalue weighted by Crippen LogP contribution is -2.33. The Bertz CT molecular complexity index is 1170. The quantitative estimate of drug-likeness (QED) is 0.386. The van der Waals surface area contributed by atoms with E-state index >= 15 is 0 Å². The Morgan fingerprint density at radius 1 is 1.20 bits per heavy atom. The Labute approximate surface area is 185 Å². The standard InChI is InChI=1S/C23H23ClN4OS/c1-16-4-5-18(17(2)12-16)13-22(29)28(10-3-9-27-11-8-25-15-27)23-26-20-7-6-19(24)14-21(20)30-23/h4-8,11-12,14-15H,3,9-10,13H2,1-2H3. The Kier molecular flexibility index (Phi) is 6.16. The van der Waals surface area contributed by atoms with Crippen LogP contribution in [0, 0.1) is 13.8 Å². The minimum atomic E-state index is 0.0535. The second-order valence-electron chi connectivity index (χ2n) is 7.41. The number of fused-ring (bicyclic) bond motifs is 1. The number of nitrogens with zero attached hydrogens (tertiary/aromatic N) is 4. The predicted octanol–water partition coefficient (Wildman–Crippen LogP) is 5.43. The lowest BCUT2D eigenvalue weighted by atomic mass is 10.0. The van der Waals surface area contributed by atoms with Gasteiger partial charge in [-0.15, -0.1) is 0 Å². The first-order valence-corrected chi connectivity index (χ1v) is 11.1. The summed E-state index contributed by atoms with van der Waals surface area (Å²) < 4.78 is 3.00. The zero-order valence-electron chi connectivity index (χ0n) is 17.0. The van der Waals surface area contributed by atoms with Gasteiger partial charge in [0, 0.05) is 30.5 Å². The first-order chi connectivity index (χ1) is 14.5. The minimum absolute atomic E-state index is 0.0535. The third kappa shape index (κ3) is 4.71. The summed E-state index contributed by atoms with van der Waals surface area (Å²) in [6.45, 7) is 5.51. The number of hydrogen-bond donors (Lipinski definition) is 0. The highest BCUT2D eigenvalue weighted by Crippen LogP contribution is 2.31. The van der Waals surface area contributed by atoms with Gasteiger partial charge in [-0.05, 0) is 49.6 Å². The summed E-state index contributed by atoms with van der Waals surface area (Å²) in [5, 5.41) is 1.39. The molecule has 0 aliphatic rings. The Hall–Kier alpha value is -2.70. The number of imidazole rings is 1. The molecule has 0 atom stereocenters. The summed E-state index contributed by atoms with van der Waals surface area (Å²) in [5.41, 5.74) is 4.24. The van der Waals surface area contributed by atoms with Gasteiger partial charge in [-0.25, -0.2) is 9.97 Å². The molecule has 0 unspecified atom stereocenters. The summed E-state index contributed by atoms with van der Waals surface area (Å²) in [6.07, 6.45) is 6.66. The van der Waals surface area contributed by atoms with Crippen LogP contribution >= 0.6 is 22.9 Å². The Balaban J connectivity index is 1.58. The summed E-state index contributed by atoms with van der Waals surface area (Å²) in [7, 11) is 0. The highest BCUT2D eigenvalue weighted by Gasteiger charge is 2.20. The Morgan fingerprint density at radius 2 is 2.07 bits per heavy atom. The molecule has 0 saturated carbocycles. The van der Waals surface area contributed by atoms with E-state index in [9.17, 15) is 4.79 Å². The number of halogens is 1. The molecular weight excluding hydrogens is 416 g/mol. The molecule has 2 aromatic heterocycles. The topological polar surface area (TPSA) is 51.0 Å². The third-order valence-electron chi connectivity index (χ3n) is 5.07. The maximum Gasteiger partial charge on any atom is 0.233 e. The number of rotatable bonds is 7. The van der Waals surface area contributed by atoms with Crippen molar-refractivity contribution in [1.82, 2.24) is 14.5 Å². The Morgan fingerprint density at radius 3 is 2.83 bits per heavy atom. The molecule has 0 aliphatic heterocycles. The van der Waals surface area contributed by atoms with Crippen molar-refractivity contribution in [3.63, 3.8) is 0 Å². The molecule has 0 spiro atoms. The van der Waals surface area contributed by atoms with Crippen molar-refractivity contribution in [3.05, 3.63) is 76.8 Å². The van der Waals surface area contributed by atoms with Crippen LogP contribution in [0.15, 0.2) is 55.1 Å². The van der Waals surface area contributed by atoms with E-state index in [2.05, 4.69) is 31.0 Å². The van der Waals surface area contributed by atoms with Crippen LogP contribution in [0.2, 0.25) is 5.02 Å². The van der Waals surface area contributed by atoms with E-state index in [1.54, 1.807) is 12.5 Å². The molecule has 7 heteroatoms. The average molecular weight is 439 g/mol. The zero-order chi connectivity index (χ0) is 21.1. The first-order valence-electron chi connectivity index (χ1n) is 9.88. The van der Waals surface area contributed by atoms with E-state index in [0.717, 1.165) is 34.3 Å². The van der Waals surface area contributed by atoms with Crippen molar-refractivity contribution in [2.75, 3.05) is 11.4 Å². The lowest BCUT2D eigenvalue weighted by Gasteiger charge is -2.20. The molecule has 0 fully saturated rings. The molecule has 2 heterocycles. The van der Waals surface area contributed by atoms with Gasteiger partial charge in [-0.2, -0.15) is 0 Å². The molecule has 0 saturated heterocycles. The van der Waals surface area contributed by atoms with Gasteiger partial charge >= 0.3 is 0 Å². The number of aromatic nitrogens is 3. The molecule has 0 aliphatic carbocycles. The number of amides is 1. The number of carbonyl (C=O) groups excluding carboxylic acids is 1. The minimum Gasteiger partial charge on any atom is -0.337 e. The third-order valence-corrected chi connectivity index (χ3v) is 6.34. The second-order valence-corrected chi connectivity index (χ2v) is 8.86. The molecule has 0 N–H and O–H groups in total. The van der Waals surface area contributed by atoms with Crippen LogP contribution in [0.1, 0.15) is 23.1 Å². The van der Waals surface area contributed by atoms with Gasteiger partial charge in [0.05, 0.1) is 23.0 Å². The van der Waals surface area contributed by atoms with Crippen LogP contribution in [0.5, 0.6) is 0 Å². The van der Waals surface area contributed by atoms with Crippen molar-refractivity contribution in [3.8, 4) is 0 Å².